The van der Waals surface area contributed by atoms with Crippen molar-refractivity contribution in [2.45, 2.75) is 13.0 Å². The van der Waals surface area contributed by atoms with E-state index in [0.717, 1.165) is 5.56 Å². The Hall–Kier alpha value is -2.80. The molecule has 0 saturated carbocycles. The zero-order chi connectivity index (χ0) is 23.6. The molecule has 1 heterocycles. The first kappa shape index (κ1) is 24.8. The molecule has 0 N–H and O–H groups in total. The second-order valence-corrected chi connectivity index (χ2v) is 8.29. The van der Waals surface area contributed by atoms with Crippen molar-refractivity contribution < 1.29 is 18.7 Å². The average molecular weight is 489 g/mol. The predicted octanol–water partition coefficient (Wildman–Crippen LogP) is 4.95. The maximum atomic E-state index is 13.3. The first-order valence-corrected chi connectivity index (χ1v) is 11.3. The van der Waals surface area contributed by atoms with Crippen LogP contribution in [0.2, 0.25) is 10.0 Å². The van der Waals surface area contributed by atoms with Gasteiger partial charge in [0.2, 0.25) is 5.91 Å². The number of halogens is 2. The van der Waals surface area contributed by atoms with Gasteiger partial charge in [0.15, 0.2) is 0 Å². The molecule has 3 rings (SSSR count). The number of rotatable bonds is 11. The van der Waals surface area contributed by atoms with Crippen molar-refractivity contribution in [1.29, 1.82) is 0 Å². The van der Waals surface area contributed by atoms with Gasteiger partial charge >= 0.3 is 0 Å². The Morgan fingerprint density at radius 3 is 2.39 bits per heavy atom. The molecular formula is C25H26Cl2N2O4. The molecule has 0 bridgehead atoms. The first-order chi connectivity index (χ1) is 16.0. The largest absolute Gasteiger partial charge is 0.467 e. The Morgan fingerprint density at radius 1 is 0.939 bits per heavy atom. The summed E-state index contributed by atoms with van der Waals surface area (Å²) in [6.07, 6.45) is 2.26. The highest BCUT2D eigenvalue weighted by Gasteiger charge is 2.23. The Morgan fingerprint density at radius 2 is 1.73 bits per heavy atom. The standard InChI is InChI=1S/C25H26Cl2N2O4/c1-32-15-13-29(25(31)20-9-10-22(26)23(27)16-20)18-24(30)28(17-21-8-5-14-33-21)12-11-19-6-3-2-4-7-19/h2-10,14,16H,11-13,15,17-18H2,1H3. The lowest BCUT2D eigenvalue weighted by Crippen LogP contribution is -2.44. The SMILES string of the molecule is COCCN(CC(=O)N(CCc1ccccc1)Cc1ccco1)C(=O)c1ccc(Cl)c(Cl)c1. The highest BCUT2D eigenvalue weighted by atomic mass is 35.5. The van der Waals surface area contributed by atoms with Gasteiger partial charge in [-0.3, -0.25) is 9.59 Å². The Kier molecular flexibility index (Phi) is 9.36. The Labute approximate surface area is 203 Å². The molecule has 0 saturated heterocycles. The van der Waals surface area contributed by atoms with Crippen molar-refractivity contribution in [3.8, 4) is 0 Å². The maximum Gasteiger partial charge on any atom is 0.254 e. The number of methoxy groups -OCH3 is 1. The summed E-state index contributed by atoms with van der Waals surface area (Å²) in [4.78, 5) is 29.6. The van der Waals surface area contributed by atoms with Gasteiger partial charge in [-0.15, -0.1) is 0 Å². The van der Waals surface area contributed by atoms with E-state index in [2.05, 4.69) is 0 Å². The molecule has 0 spiro atoms. The molecule has 8 heteroatoms. The number of ether oxygens (including phenoxy) is 1. The van der Waals surface area contributed by atoms with Crippen molar-refractivity contribution in [3.05, 3.63) is 93.9 Å². The summed E-state index contributed by atoms with van der Waals surface area (Å²) in [6, 6.07) is 18.2. The minimum absolute atomic E-state index is 0.0993. The van der Waals surface area contributed by atoms with E-state index >= 15 is 0 Å². The fraction of sp³-hybridized carbons (Fsp3) is 0.280. The molecule has 1 aromatic heterocycles. The van der Waals surface area contributed by atoms with Gasteiger partial charge < -0.3 is 19.0 Å². The van der Waals surface area contributed by atoms with Crippen LogP contribution in [-0.4, -0.2) is 55.0 Å². The molecule has 2 amide bonds. The molecule has 174 valence electrons. The number of benzene rings is 2. The Balaban J connectivity index is 1.75. The zero-order valence-corrected chi connectivity index (χ0v) is 19.9. The fourth-order valence-electron chi connectivity index (χ4n) is 3.32. The number of hydrogen-bond acceptors (Lipinski definition) is 4. The van der Waals surface area contributed by atoms with Gasteiger partial charge in [0.25, 0.3) is 5.91 Å². The normalized spacial score (nSPS) is 10.8. The topological polar surface area (TPSA) is 63.0 Å². The third kappa shape index (κ3) is 7.35. The van der Waals surface area contributed by atoms with Crippen LogP contribution in [0.1, 0.15) is 21.7 Å². The quantitative estimate of drug-likeness (QED) is 0.383. The minimum Gasteiger partial charge on any atom is -0.467 e. The number of hydrogen-bond donors (Lipinski definition) is 0. The number of nitrogens with zero attached hydrogens (tertiary/aromatic N) is 2. The molecule has 0 aliphatic heterocycles. The molecule has 0 atom stereocenters. The summed E-state index contributed by atoms with van der Waals surface area (Å²) in [5.74, 6) is 0.169. The van der Waals surface area contributed by atoms with E-state index in [1.54, 1.807) is 36.5 Å². The van der Waals surface area contributed by atoms with Crippen LogP contribution in [0.15, 0.2) is 71.3 Å². The summed E-state index contributed by atoms with van der Waals surface area (Å²) in [7, 11) is 1.55. The van der Waals surface area contributed by atoms with E-state index in [9.17, 15) is 9.59 Å². The second-order valence-electron chi connectivity index (χ2n) is 7.48. The molecule has 6 nitrogen and oxygen atoms in total. The van der Waals surface area contributed by atoms with E-state index in [1.807, 2.05) is 36.4 Å². The molecule has 33 heavy (non-hydrogen) atoms. The number of carbonyl (C=O) groups is 2. The van der Waals surface area contributed by atoms with Crippen LogP contribution in [-0.2, 0) is 22.5 Å². The van der Waals surface area contributed by atoms with Crippen LogP contribution in [0.25, 0.3) is 0 Å². The van der Waals surface area contributed by atoms with Gasteiger partial charge in [-0.05, 0) is 42.3 Å². The van der Waals surface area contributed by atoms with E-state index < -0.39 is 0 Å². The van der Waals surface area contributed by atoms with Crippen molar-refractivity contribution in [2.24, 2.45) is 0 Å². The van der Waals surface area contributed by atoms with Gasteiger partial charge in [-0.1, -0.05) is 53.5 Å². The number of carbonyl (C=O) groups excluding carboxylic acids is 2. The van der Waals surface area contributed by atoms with Gasteiger partial charge in [0.1, 0.15) is 12.3 Å². The van der Waals surface area contributed by atoms with Crippen molar-refractivity contribution in [2.75, 3.05) is 33.4 Å². The summed E-state index contributed by atoms with van der Waals surface area (Å²) < 4.78 is 10.6. The summed E-state index contributed by atoms with van der Waals surface area (Å²) in [6.45, 7) is 1.26. The molecule has 0 aliphatic carbocycles. The van der Waals surface area contributed by atoms with E-state index in [-0.39, 0.29) is 29.9 Å². The summed E-state index contributed by atoms with van der Waals surface area (Å²) in [5.41, 5.74) is 1.48. The molecule has 3 aromatic rings. The number of furan rings is 1. The maximum absolute atomic E-state index is 13.3. The second kappa shape index (κ2) is 12.4. The minimum atomic E-state index is -0.319. The summed E-state index contributed by atoms with van der Waals surface area (Å²) >= 11 is 12.1. The van der Waals surface area contributed by atoms with Crippen LogP contribution in [0.5, 0.6) is 0 Å². The van der Waals surface area contributed by atoms with E-state index in [1.165, 1.54) is 11.0 Å². The fourth-order valence-corrected chi connectivity index (χ4v) is 3.62. The van der Waals surface area contributed by atoms with Crippen LogP contribution in [0.3, 0.4) is 0 Å². The van der Waals surface area contributed by atoms with Gasteiger partial charge in [0.05, 0.1) is 29.5 Å². The van der Waals surface area contributed by atoms with Gasteiger partial charge in [-0.2, -0.15) is 0 Å². The average Bonchev–Trinajstić information content (AvgIpc) is 3.34. The highest BCUT2D eigenvalue weighted by molar-refractivity contribution is 6.42. The first-order valence-electron chi connectivity index (χ1n) is 10.5. The molecule has 0 aliphatic rings. The van der Waals surface area contributed by atoms with E-state index in [4.69, 9.17) is 32.4 Å². The van der Waals surface area contributed by atoms with Gasteiger partial charge in [0, 0.05) is 25.8 Å². The van der Waals surface area contributed by atoms with Crippen molar-refractivity contribution >= 4 is 35.0 Å². The third-order valence-electron chi connectivity index (χ3n) is 5.14. The van der Waals surface area contributed by atoms with Crippen LogP contribution >= 0.6 is 23.2 Å². The lowest BCUT2D eigenvalue weighted by atomic mass is 10.1. The smallest absolute Gasteiger partial charge is 0.254 e. The lowest BCUT2D eigenvalue weighted by molar-refractivity contribution is -0.132. The highest BCUT2D eigenvalue weighted by Crippen LogP contribution is 2.23. The lowest BCUT2D eigenvalue weighted by Gasteiger charge is -2.27. The van der Waals surface area contributed by atoms with Crippen molar-refractivity contribution in [3.63, 3.8) is 0 Å². The third-order valence-corrected chi connectivity index (χ3v) is 5.88. The zero-order valence-electron chi connectivity index (χ0n) is 18.4. The Bertz CT molecular complexity index is 1040. The number of amides is 2. The molecular weight excluding hydrogens is 463 g/mol. The van der Waals surface area contributed by atoms with Gasteiger partial charge in [-0.25, -0.2) is 0 Å². The van der Waals surface area contributed by atoms with Crippen LogP contribution < -0.4 is 0 Å². The van der Waals surface area contributed by atoms with Crippen LogP contribution in [0.4, 0.5) is 0 Å². The molecule has 0 radical (unpaired) electrons. The van der Waals surface area contributed by atoms with Crippen molar-refractivity contribution in [1.82, 2.24) is 9.80 Å². The predicted molar refractivity (Wildman–Crippen MR) is 129 cm³/mol. The molecule has 2 aromatic carbocycles. The monoisotopic (exact) mass is 488 g/mol. The molecule has 0 fully saturated rings. The van der Waals surface area contributed by atoms with E-state index in [0.29, 0.717) is 42.5 Å². The van der Waals surface area contributed by atoms with Crippen LogP contribution in [0, 0.1) is 0 Å². The molecule has 0 unspecified atom stereocenters. The summed E-state index contributed by atoms with van der Waals surface area (Å²) in [5, 5.41) is 0.640.